The van der Waals surface area contributed by atoms with E-state index in [2.05, 4.69) is 20.5 Å². The van der Waals surface area contributed by atoms with E-state index < -0.39 is 0 Å². The van der Waals surface area contributed by atoms with Crippen molar-refractivity contribution in [3.8, 4) is 0 Å². The quantitative estimate of drug-likeness (QED) is 0.404. The number of thiophene rings is 1. The molecule has 1 aromatic rings. The van der Waals surface area contributed by atoms with Gasteiger partial charge >= 0.3 is 0 Å². The van der Waals surface area contributed by atoms with Crippen molar-refractivity contribution >= 4 is 58.8 Å². The zero-order valence-corrected chi connectivity index (χ0v) is 17.4. The van der Waals surface area contributed by atoms with Crippen LogP contribution in [0.3, 0.4) is 0 Å². The number of hydrogen-bond acceptors (Lipinski definition) is 3. The summed E-state index contributed by atoms with van der Waals surface area (Å²) in [4.78, 5) is 19.3. The summed E-state index contributed by atoms with van der Waals surface area (Å²) in [6, 6.07) is 3.94. The van der Waals surface area contributed by atoms with Crippen LogP contribution in [0.4, 0.5) is 0 Å². The topological polar surface area (TPSA) is 56.7 Å². The van der Waals surface area contributed by atoms with Crippen LogP contribution in [0, 0.1) is 5.92 Å². The maximum atomic E-state index is 11.4. The van der Waals surface area contributed by atoms with E-state index in [-0.39, 0.29) is 29.9 Å². The third kappa shape index (κ3) is 6.46. The average Bonchev–Trinajstić information content (AvgIpc) is 2.95. The molecule has 130 valence electrons. The zero-order chi connectivity index (χ0) is 15.9. The molecular weight excluding hydrogens is 447 g/mol. The largest absolute Gasteiger partial charge is 0.359 e. The number of hydrogen-bond donors (Lipinski definition) is 2. The second-order valence-corrected chi connectivity index (χ2v) is 7.21. The molecule has 0 saturated carbocycles. The lowest BCUT2D eigenvalue weighted by Crippen LogP contribution is -2.45. The number of aliphatic imine (C=N–C) groups is 1. The Morgan fingerprint density at radius 2 is 2.13 bits per heavy atom. The van der Waals surface area contributed by atoms with Gasteiger partial charge in [0.2, 0.25) is 5.91 Å². The van der Waals surface area contributed by atoms with Gasteiger partial charge in [-0.05, 0) is 30.9 Å². The van der Waals surface area contributed by atoms with Gasteiger partial charge in [0.05, 0.1) is 10.9 Å². The molecule has 1 aliphatic rings. The molecule has 0 aromatic carbocycles. The maximum Gasteiger partial charge on any atom is 0.220 e. The highest BCUT2D eigenvalue weighted by molar-refractivity contribution is 14.0. The van der Waals surface area contributed by atoms with Crippen molar-refractivity contribution in [2.75, 3.05) is 27.2 Å². The van der Waals surface area contributed by atoms with Crippen molar-refractivity contribution in [3.05, 3.63) is 21.3 Å². The number of piperidine rings is 1. The van der Waals surface area contributed by atoms with E-state index >= 15 is 0 Å². The van der Waals surface area contributed by atoms with Gasteiger partial charge in [-0.3, -0.25) is 9.79 Å². The highest BCUT2D eigenvalue weighted by atomic mass is 127. The Balaban J connectivity index is 0.00000264. The average molecular weight is 471 g/mol. The molecule has 1 saturated heterocycles. The van der Waals surface area contributed by atoms with Gasteiger partial charge in [0, 0.05) is 38.5 Å². The van der Waals surface area contributed by atoms with Crippen molar-refractivity contribution in [3.63, 3.8) is 0 Å². The molecule has 2 heterocycles. The van der Waals surface area contributed by atoms with Gasteiger partial charge in [-0.25, -0.2) is 0 Å². The summed E-state index contributed by atoms with van der Waals surface area (Å²) in [6.07, 6.45) is 2.68. The summed E-state index contributed by atoms with van der Waals surface area (Å²) < 4.78 is 0.807. The summed E-state index contributed by atoms with van der Waals surface area (Å²) in [5, 5.41) is 6.08. The Hall–Kier alpha value is -0.540. The monoisotopic (exact) mass is 470 g/mol. The SMILES string of the molecule is CN=C(NCc1ccc(Cl)s1)N1CCC(CC(=O)NC)CC1.I. The number of guanidine groups is 1. The van der Waals surface area contributed by atoms with E-state index in [9.17, 15) is 4.79 Å². The molecule has 1 aromatic heterocycles. The van der Waals surface area contributed by atoms with Crippen molar-refractivity contribution in [2.45, 2.75) is 25.8 Å². The van der Waals surface area contributed by atoms with Crippen molar-refractivity contribution < 1.29 is 4.79 Å². The second kappa shape index (κ2) is 10.4. The number of halogens is 2. The molecule has 0 unspecified atom stereocenters. The molecule has 8 heteroatoms. The fourth-order valence-electron chi connectivity index (χ4n) is 2.66. The minimum absolute atomic E-state index is 0. The summed E-state index contributed by atoms with van der Waals surface area (Å²) in [5.41, 5.74) is 0. The van der Waals surface area contributed by atoms with Gasteiger partial charge in [-0.15, -0.1) is 35.3 Å². The molecule has 2 rings (SSSR count). The molecular formula is C15H24ClIN4OS. The van der Waals surface area contributed by atoms with E-state index in [1.54, 1.807) is 25.4 Å². The summed E-state index contributed by atoms with van der Waals surface area (Å²) in [6.45, 7) is 2.61. The molecule has 1 aliphatic heterocycles. The van der Waals surface area contributed by atoms with E-state index in [0.29, 0.717) is 12.3 Å². The molecule has 1 fully saturated rings. The van der Waals surface area contributed by atoms with Gasteiger partial charge < -0.3 is 15.5 Å². The minimum atomic E-state index is 0. The number of nitrogens with one attached hydrogen (secondary N) is 2. The number of amides is 1. The van der Waals surface area contributed by atoms with Crippen LogP contribution in [-0.2, 0) is 11.3 Å². The number of nitrogens with zero attached hydrogens (tertiary/aromatic N) is 2. The Morgan fingerprint density at radius 1 is 1.43 bits per heavy atom. The van der Waals surface area contributed by atoms with Gasteiger partial charge in [0.15, 0.2) is 5.96 Å². The van der Waals surface area contributed by atoms with Crippen LogP contribution in [-0.4, -0.2) is 44.0 Å². The fraction of sp³-hybridized carbons (Fsp3) is 0.600. The van der Waals surface area contributed by atoms with Gasteiger partial charge in [0.1, 0.15) is 0 Å². The fourth-order valence-corrected chi connectivity index (χ4v) is 3.69. The van der Waals surface area contributed by atoms with Crippen LogP contribution >= 0.6 is 46.9 Å². The summed E-state index contributed by atoms with van der Waals surface area (Å²) in [7, 11) is 3.50. The van der Waals surface area contributed by atoms with Crippen LogP contribution in [0.1, 0.15) is 24.1 Å². The lowest BCUT2D eigenvalue weighted by molar-refractivity contribution is -0.121. The number of carbonyl (C=O) groups excluding carboxylic acids is 1. The standard InChI is InChI=1S/C15H23ClN4OS.HI/c1-17-14(21)9-11-5-7-20(8-6-11)15(18-2)19-10-12-3-4-13(16)22-12;/h3-4,11H,5-10H2,1-2H3,(H,17,21)(H,18,19);1H. The van der Waals surface area contributed by atoms with Crippen LogP contribution in [0.15, 0.2) is 17.1 Å². The Bertz CT molecular complexity index is 529. The highest BCUT2D eigenvalue weighted by Gasteiger charge is 2.23. The number of likely N-dealkylation sites (tertiary alicyclic amines) is 1. The van der Waals surface area contributed by atoms with Crippen LogP contribution < -0.4 is 10.6 Å². The van der Waals surface area contributed by atoms with E-state index in [0.717, 1.165) is 42.8 Å². The minimum Gasteiger partial charge on any atom is -0.359 e. The van der Waals surface area contributed by atoms with Crippen molar-refractivity contribution in [1.29, 1.82) is 0 Å². The van der Waals surface area contributed by atoms with Gasteiger partial charge in [-0.2, -0.15) is 0 Å². The molecule has 2 N–H and O–H groups in total. The molecule has 5 nitrogen and oxygen atoms in total. The smallest absolute Gasteiger partial charge is 0.220 e. The van der Waals surface area contributed by atoms with Crippen LogP contribution in [0.25, 0.3) is 0 Å². The molecule has 0 spiro atoms. The molecule has 0 bridgehead atoms. The first-order valence-corrected chi connectivity index (χ1v) is 8.72. The first kappa shape index (κ1) is 20.5. The van der Waals surface area contributed by atoms with Crippen LogP contribution in [0.5, 0.6) is 0 Å². The Morgan fingerprint density at radius 3 is 2.65 bits per heavy atom. The number of carbonyl (C=O) groups is 1. The first-order valence-electron chi connectivity index (χ1n) is 7.52. The Kier molecular flexibility index (Phi) is 9.23. The van der Waals surface area contributed by atoms with E-state index in [1.807, 2.05) is 12.1 Å². The van der Waals surface area contributed by atoms with Crippen molar-refractivity contribution in [1.82, 2.24) is 15.5 Å². The summed E-state index contributed by atoms with van der Waals surface area (Å²) >= 11 is 7.53. The Labute approximate surface area is 163 Å². The van der Waals surface area contributed by atoms with Crippen LogP contribution in [0.2, 0.25) is 4.34 Å². The lowest BCUT2D eigenvalue weighted by atomic mass is 9.93. The molecule has 0 aliphatic carbocycles. The normalized spacial score (nSPS) is 16.0. The summed E-state index contributed by atoms with van der Waals surface area (Å²) in [5.74, 6) is 1.53. The van der Waals surface area contributed by atoms with E-state index in [4.69, 9.17) is 11.6 Å². The highest BCUT2D eigenvalue weighted by Crippen LogP contribution is 2.22. The first-order chi connectivity index (χ1) is 10.6. The molecule has 0 atom stereocenters. The predicted octanol–water partition coefficient (Wildman–Crippen LogP) is 2.94. The van der Waals surface area contributed by atoms with Gasteiger partial charge in [-0.1, -0.05) is 11.6 Å². The molecule has 0 radical (unpaired) electrons. The molecule has 23 heavy (non-hydrogen) atoms. The third-order valence-electron chi connectivity index (χ3n) is 3.93. The zero-order valence-electron chi connectivity index (χ0n) is 13.5. The van der Waals surface area contributed by atoms with Crippen molar-refractivity contribution in [2.24, 2.45) is 10.9 Å². The van der Waals surface area contributed by atoms with E-state index in [1.165, 1.54) is 4.88 Å². The second-order valence-electron chi connectivity index (χ2n) is 5.41. The lowest BCUT2D eigenvalue weighted by Gasteiger charge is -2.34. The molecule has 1 amide bonds. The predicted molar refractivity (Wildman–Crippen MR) is 108 cm³/mol. The maximum absolute atomic E-state index is 11.4. The third-order valence-corrected chi connectivity index (χ3v) is 5.16. The van der Waals surface area contributed by atoms with Gasteiger partial charge in [0.25, 0.3) is 0 Å². The number of rotatable bonds is 4.